The van der Waals surface area contributed by atoms with Gasteiger partial charge >= 0.3 is 5.97 Å². The van der Waals surface area contributed by atoms with Gasteiger partial charge in [-0.2, -0.15) is 0 Å². The Morgan fingerprint density at radius 2 is 1.89 bits per heavy atom. The van der Waals surface area contributed by atoms with Gasteiger partial charge in [0.05, 0.1) is 6.61 Å². The molecule has 0 atom stereocenters. The molecule has 3 rings (SSSR count). The predicted molar refractivity (Wildman–Crippen MR) is 108 cm³/mol. The van der Waals surface area contributed by atoms with Crippen LogP contribution in [-0.4, -0.2) is 22.7 Å². The lowest BCUT2D eigenvalue weighted by Gasteiger charge is -2.15. The summed E-state index contributed by atoms with van der Waals surface area (Å²) in [5.74, 6) is -0.939. The number of nitrogens with zero attached hydrogens (tertiary/aromatic N) is 1. The standard InChI is InChI=1S/C23H24FNO3/c1-3-5-10-28-22-20(23(26)27)13-17(4-2)19-12-16(14-25-21(19)22)11-15-6-8-18(24)9-7-15/h6-9,12-14H,3-5,10-11H2,1-2H3,(H,26,27). The van der Waals surface area contributed by atoms with Gasteiger partial charge in [0.25, 0.3) is 0 Å². The molecule has 0 amide bonds. The van der Waals surface area contributed by atoms with Crippen LogP contribution >= 0.6 is 0 Å². The van der Waals surface area contributed by atoms with Gasteiger partial charge in [-0.3, -0.25) is 4.98 Å². The second-order valence-corrected chi connectivity index (χ2v) is 6.82. The number of hydrogen-bond donors (Lipinski definition) is 1. The average Bonchev–Trinajstić information content (AvgIpc) is 2.69. The molecule has 4 nitrogen and oxygen atoms in total. The van der Waals surface area contributed by atoms with Crippen LogP contribution in [0.25, 0.3) is 10.9 Å². The van der Waals surface area contributed by atoms with E-state index >= 15 is 0 Å². The molecule has 1 N–H and O–H groups in total. The van der Waals surface area contributed by atoms with Crippen molar-refractivity contribution in [1.29, 1.82) is 0 Å². The van der Waals surface area contributed by atoms with Crippen LogP contribution in [-0.2, 0) is 12.8 Å². The smallest absolute Gasteiger partial charge is 0.339 e. The summed E-state index contributed by atoms with van der Waals surface area (Å²) in [6, 6.07) is 10.1. The molecule has 2 aromatic carbocycles. The number of aromatic nitrogens is 1. The largest absolute Gasteiger partial charge is 0.490 e. The predicted octanol–water partition coefficient (Wildman–Crippen LogP) is 5.40. The first kappa shape index (κ1) is 19.8. The Hall–Kier alpha value is -2.95. The van der Waals surface area contributed by atoms with E-state index in [-0.39, 0.29) is 11.4 Å². The molecule has 0 fully saturated rings. The van der Waals surface area contributed by atoms with Crippen molar-refractivity contribution in [3.63, 3.8) is 0 Å². The molecule has 0 saturated heterocycles. The number of halogens is 1. The molecule has 5 heteroatoms. The van der Waals surface area contributed by atoms with E-state index in [9.17, 15) is 14.3 Å². The van der Waals surface area contributed by atoms with Crippen molar-refractivity contribution in [2.75, 3.05) is 6.61 Å². The average molecular weight is 381 g/mol. The molecule has 0 spiro atoms. The Bertz CT molecular complexity index is 983. The number of pyridine rings is 1. The van der Waals surface area contributed by atoms with Crippen molar-refractivity contribution < 1.29 is 19.0 Å². The molecule has 1 aromatic heterocycles. The van der Waals surface area contributed by atoms with Crippen LogP contribution in [0.2, 0.25) is 0 Å². The summed E-state index contributed by atoms with van der Waals surface area (Å²) >= 11 is 0. The molecule has 0 aliphatic carbocycles. The van der Waals surface area contributed by atoms with Gasteiger partial charge in [-0.1, -0.05) is 32.4 Å². The van der Waals surface area contributed by atoms with E-state index in [1.54, 1.807) is 24.4 Å². The van der Waals surface area contributed by atoms with E-state index < -0.39 is 5.97 Å². The molecule has 0 aliphatic rings. The number of hydrogen-bond acceptors (Lipinski definition) is 3. The second-order valence-electron chi connectivity index (χ2n) is 6.82. The first-order valence-corrected chi connectivity index (χ1v) is 9.58. The Balaban J connectivity index is 2.06. The third-order valence-electron chi connectivity index (χ3n) is 4.75. The minimum absolute atomic E-state index is 0.152. The van der Waals surface area contributed by atoms with Crippen molar-refractivity contribution >= 4 is 16.9 Å². The number of unbranched alkanes of at least 4 members (excludes halogenated alkanes) is 1. The van der Waals surface area contributed by atoms with Gasteiger partial charge in [-0.25, -0.2) is 9.18 Å². The number of carbonyl (C=O) groups is 1. The minimum atomic E-state index is -1.01. The summed E-state index contributed by atoms with van der Waals surface area (Å²) in [5.41, 5.74) is 3.62. The summed E-state index contributed by atoms with van der Waals surface area (Å²) < 4.78 is 19.0. The van der Waals surface area contributed by atoms with Crippen molar-refractivity contribution in [2.24, 2.45) is 0 Å². The second kappa shape index (κ2) is 8.83. The molecule has 0 unspecified atom stereocenters. The maximum absolute atomic E-state index is 13.1. The van der Waals surface area contributed by atoms with Crippen LogP contribution < -0.4 is 4.74 Å². The molecule has 0 aliphatic heterocycles. The molecule has 28 heavy (non-hydrogen) atoms. The first-order chi connectivity index (χ1) is 13.5. The fourth-order valence-electron chi connectivity index (χ4n) is 3.23. The van der Waals surface area contributed by atoms with E-state index in [2.05, 4.69) is 11.9 Å². The van der Waals surface area contributed by atoms with Crippen LogP contribution in [0.15, 0.2) is 42.6 Å². The lowest BCUT2D eigenvalue weighted by atomic mass is 9.98. The molecule has 1 heterocycles. The Morgan fingerprint density at radius 3 is 2.54 bits per heavy atom. The lowest BCUT2D eigenvalue weighted by molar-refractivity contribution is 0.0692. The van der Waals surface area contributed by atoms with Crippen molar-refractivity contribution in [1.82, 2.24) is 4.98 Å². The Morgan fingerprint density at radius 1 is 1.14 bits per heavy atom. The fraction of sp³-hybridized carbons (Fsp3) is 0.304. The highest BCUT2D eigenvalue weighted by Crippen LogP contribution is 2.33. The summed E-state index contributed by atoms with van der Waals surface area (Å²) in [6.45, 7) is 4.50. The topological polar surface area (TPSA) is 59.4 Å². The highest BCUT2D eigenvalue weighted by atomic mass is 19.1. The Kier molecular flexibility index (Phi) is 6.24. The van der Waals surface area contributed by atoms with Crippen molar-refractivity contribution in [2.45, 2.75) is 39.5 Å². The Labute approximate surface area is 164 Å². The molecular formula is C23H24FNO3. The third-order valence-corrected chi connectivity index (χ3v) is 4.75. The molecular weight excluding hydrogens is 357 g/mol. The van der Waals surface area contributed by atoms with Gasteiger partial charge in [0.2, 0.25) is 0 Å². The van der Waals surface area contributed by atoms with E-state index in [4.69, 9.17) is 4.74 Å². The number of carboxylic acid groups (broad SMARTS) is 1. The van der Waals surface area contributed by atoms with Gasteiger partial charge < -0.3 is 9.84 Å². The number of benzene rings is 2. The fourth-order valence-corrected chi connectivity index (χ4v) is 3.23. The van der Waals surface area contributed by atoms with E-state index in [1.165, 1.54) is 12.1 Å². The summed E-state index contributed by atoms with van der Waals surface area (Å²) in [4.78, 5) is 16.3. The maximum atomic E-state index is 13.1. The van der Waals surface area contributed by atoms with Gasteiger partial charge in [0.15, 0.2) is 5.75 Å². The zero-order valence-corrected chi connectivity index (χ0v) is 16.2. The van der Waals surface area contributed by atoms with Crippen LogP contribution in [0.5, 0.6) is 5.75 Å². The number of ether oxygens (including phenoxy) is 1. The monoisotopic (exact) mass is 381 g/mol. The van der Waals surface area contributed by atoms with Crippen molar-refractivity contribution in [3.05, 3.63) is 70.7 Å². The number of carboxylic acids is 1. The number of aromatic carboxylic acids is 1. The number of aryl methyl sites for hydroxylation is 1. The summed E-state index contributed by atoms with van der Waals surface area (Å²) in [6.07, 6.45) is 4.86. The normalized spacial score (nSPS) is 11.0. The zero-order chi connectivity index (χ0) is 20.1. The van der Waals surface area contributed by atoms with Crippen molar-refractivity contribution in [3.8, 4) is 5.75 Å². The SMILES string of the molecule is CCCCOc1c(C(=O)O)cc(CC)c2cc(Cc3ccc(F)cc3)cnc12. The molecule has 146 valence electrons. The molecule has 0 saturated carbocycles. The third kappa shape index (κ3) is 4.30. The highest BCUT2D eigenvalue weighted by molar-refractivity contribution is 6.00. The van der Waals surface area contributed by atoms with Crippen LogP contribution in [0.3, 0.4) is 0 Å². The maximum Gasteiger partial charge on any atom is 0.339 e. The van der Waals surface area contributed by atoms with Gasteiger partial charge in [-0.15, -0.1) is 0 Å². The van der Waals surface area contributed by atoms with E-state index in [0.717, 1.165) is 34.9 Å². The zero-order valence-electron chi connectivity index (χ0n) is 16.2. The molecule has 0 radical (unpaired) electrons. The number of rotatable bonds is 8. The summed E-state index contributed by atoms with van der Waals surface area (Å²) in [5, 5.41) is 10.5. The quantitative estimate of drug-likeness (QED) is 0.531. The molecule has 3 aromatic rings. The molecule has 0 bridgehead atoms. The van der Waals surface area contributed by atoms with Gasteiger partial charge in [0.1, 0.15) is 16.9 Å². The van der Waals surface area contributed by atoms with E-state index in [1.807, 2.05) is 13.0 Å². The van der Waals surface area contributed by atoms with E-state index in [0.29, 0.717) is 30.7 Å². The number of fused-ring (bicyclic) bond motifs is 1. The van der Waals surface area contributed by atoms with Gasteiger partial charge in [0, 0.05) is 11.6 Å². The highest BCUT2D eigenvalue weighted by Gasteiger charge is 2.19. The van der Waals surface area contributed by atoms with Crippen LogP contribution in [0, 0.1) is 5.82 Å². The lowest BCUT2D eigenvalue weighted by Crippen LogP contribution is -2.07. The van der Waals surface area contributed by atoms with Crippen LogP contribution in [0.4, 0.5) is 4.39 Å². The van der Waals surface area contributed by atoms with Crippen LogP contribution in [0.1, 0.15) is 53.7 Å². The first-order valence-electron chi connectivity index (χ1n) is 9.58. The minimum Gasteiger partial charge on any atom is -0.490 e. The van der Waals surface area contributed by atoms with Gasteiger partial charge in [-0.05, 0) is 60.2 Å². The summed E-state index contributed by atoms with van der Waals surface area (Å²) in [7, 11) is 0.